The Morgan fingerprint density at radius 2 is 1.81 bits per heavy atom. The molecule has 1 N–H and O–H groups in total. The van der Waals surface area contributed by atoms with Gasteiger partial charge < -0.3 is 14.6 Å². The van der Waals surface area contributed by atoms with E-state index in [2.05, 4.69) is 15.2 Å². The molecule has 0 atom stereocenters. The Morgan fingerprint density at radius 1 is 1.08 bits per heavy atom. The summed E-state index contributed by atoms with van der Waals surface area (Å²) in [5.41, 5.74) is 3.64. The maximum Gasteiger partial charge on any atom is 0.321 e. The molecule has 134 valence electrons. The molecular weight excluding hydrogens is 328 g/mol. The van der Waals surface area contributed by atoms with Crippen molar-refractivity contribution in [3.63, 3.8) is 0 Å². The van der Waals surface area contributed by atoms with Gasteiger partial charge in [0, 0.05) is 31.9 Å². The highest BCUT2D eigenvalue weighted by molar-refractivity contribution is 5.90. The highest BCUT2D eigenvalue weighted by Crippen LogP contribution is 2.18. The number of hydrogen-bond donors (Lipinski definition) is 1. The Labute approximate surface area is 152 Å². The quantitative estimate of drug-likeness (QED) is 0.785. The predicted molar refractivity (Wildman–Crippen MR) is 101 cm³/mol. The lowest BCUT2D eigenvalue weighted by molar-refractivity contribution is 0.136. The normalized spacial score (nSPS) is 15.3. The molecule has 1 aromatic heterocycles. The van der Waals surface area contributed by atoms with E-state index in [0.29, 0.717) is 19.6 Å². The summed E-state index contributed by atoms with van der Waals surface area (Å²) in [6.45, 7) is 5.66. The summed E-state index contributed by atoms with van der Waals surface area (Å²) in [4.78, 5) is 21.1. The van der Waals surface area contributed by atoms with Gasteiger partial charge in [-0.3, -0.25) is 4.90 Å². The number of rotatable bonds is 3. The van der Waals surface area contributed by atoms with Crippen molar-refractivity contribution >= 4 is 22.8 Å². The Bertz CT molecular complexity index is 880. The number of urea groups is 1. The fourth-order valence-corrected chi connectivity index (χ4v) is 3.20. The summed E-state index contributed by atoms with van der Waals surface area (Å²) in [5.74, 6) is 0.726. The number of anilines is 1. The molecule has 2 amide bonds. The average molecular weight is 350 g/mol. The van der Waals surface area contributed by atoms with E-state index in [-0.39, 0.29) is 6.03 Å². The summed E-state index contributed by atoms with van der Waals surface area (Å²) in [5, 5.41) is 3.00. The highest BCUT2D eigenvalue weighted by atomic mass is 16.3. The molecule has 0 unspecified atom stereocenters. The first kappa shape index (κ1) is 16.6. The summed E-state index contributed by atoms with van der Waals surface area (Å²) < 4.78 is 5.79. The van der Waals surface area contributed by atoms with Crippen LogP contribution in [-0.4, -0.2) is 47.0 Å². The minimum atomic E-state index is -0.0409. The summed E-state index contributed by atoms with van der Waals surface area (Å²) in [6, 6.07) is 15.6. The third-order valence-corrected chi connectivity index (χ3v) is 4.74. The molecule has 1 aliphatic rings. The molecule has 26 heavy (non-hydrogen) atoms. The Kier molecular flexibility index (Phi) is 4.58. The lowest BCUT2D eigenvalue weighted by Crippen LogP contribution is -2.49. The summed E-state index contributed by atoms with van der Waals surface area (Å²) in [7, 11) is 0. The van der Waals surface area contributed by atoms with Crippen LogP contribution in [0.2, 0.25) is 0 Å². The fraction of sp³-hybridized carbons (Fsp3) is 0.300. The molecule has 0 radical (unpaired) electrons. The Hall–Kier alpha value is -2.86. The van der Waals surface area contributed by atoms with Crippen molar-refractivity contribution in [2.24, 2.45) is 0 Å². The van der Waals surface area contributed by atoms with Gasteiger partial charge >= 0.3 is 6.03 Å². The van der Waals surface area contributed by atoms with Gasteiger partial charge in [0.25, 0.3) is 0 Å². The van der Waals surface area contributed by atoms with Crippen LogP contribution in [0.4, 0.5) is 10.5 Å². The minimum Gasteiger partial charge on any atom is -0.439 e. The van der Waals surface area contributed by atoms with E-state index in [4.69, 9.17) is 4.42 Å². The van der Waals surface area contributed by atoms with Crippen molar-refractivity contribution in [1.29, 1.82) is 0 Å². The topological polar surface area (TPSA) is 61.6 Å². The lowest BCUT2D eigenvalue weighted by atomic mass is 10.2. The van der Waals surface area contributed by atoms with Crippen LogP contribution >= 0.6 is 0 Å². The number of nitrogens with zero attached hydrogens (tertiary/aromatic N) is 3. The van der Waals surface area contributed by atoms with Gasteiger partial charge in [-0.15, -0.1) is 0 Å². The molecule has 1 saturated heterocycles. The molecule has 6 nitrogen and oxygen atoms in total. The van der Waals surface area contributed by atoms with Crippen molar-refractivity contribution in [2.45, 2.75) is 13.5 Å². The van der Waals surface area contributed by atoms with Gasteiger partial charge in [0.1, 0.15) is 5.52 Å². The number of piperazine rings is 1. The maximum absolute atomic E-state index is 12.5. The van der Waals surface area contributed by atoms with Crippen LogP contribution in [0.15, 0.2) is 52.9 Å². The van der Waals surface area contributed by atoms with E-state index in [1.807, 2.05) is 60.4 Å². The summed E-state index contributed by atoms with van der Waals surface area (Å²) in [6.07, 6.45) is 0. The second kappa shape index (κ2) is 7.17. The fourth-order valence-electron chi connectivity index (χ4n) is 3.20. The molecule has 2 heterocycles. The number of hydrogen-bond acceptors (Lipinski definition) is 4. The van der Waals surface area contributed by atoms with Crippen molar-refractivity contribution < 1.29 is 9.21 Å². The van der Waals surface area contributed by atoms with Crippen molar-refractivity contribution in [3.8, 4) is 0 Å². The number of benzene rings is 2. The van der Waals surface area contributed by atoms with E-state index < -0.39 is 0 Å². The minimum absolute atomic E-state index is 0.0409. The first-order valence-corrected chi connectivity index (χ1v) is 8.87. The number of aryl methyl sites for hydroxylation is 1. The number of fused-ring (bicyclic) bond motifs is 1. The zero-order chi connectivity index (χ0) is 17.9. The van der Waals surface area contributed by atoms with Gasteiger partial charge in [-0.1, -0.05) is 30.3 Å². The maximum atomic E-state index is 12.5. The SMILES string of the molecule is Cc1ccccc1NC(=O)N1CCN(Cc2nc3ccccc3o2)CC1. The molecule has 4 rings (SSSR count). The second-order valence-electron chi connectivity index (χ2n) is 6.58. The highest BCUT2D eigenvalue weighted by Gasteiger charge is 2.22. The molecule has 0 aliphatic carbocycles. The van der Waals surface area contributed by atoms with Gasteiger partial charge in [-0.05, 0) is 30.7 Å². The van der Waals surface area contributed by atoms with Crippen LogP contribution in [0.5, 0.6) is 0 Å². The third-order valence-electron chi connectivity index (χ3n) is 4.74. The molecule has 2 aromatic carbocycles. The molecule has 0 bridgehead atoms. The lowest BCUT2D eigenvalue weighted by Gasteiger charge is -2.34. The monoisotopic (exact) mass is 350 g/mol. The van der Waals surface area contributed by atoms with Crippen LogP contribution in [0.3, 0.4) is 0 Å². The first-order chi connectivity index (χ1) is 12.7. The molecule has 0 spiro atoms. The van der Waals surface area contributed by atoms with Gasteiger partial charge in [-0.2, -0.15) is 0 Å². The molecule has 6 heteroatoms. The van der Waals surface area contributed by atoms with Crippen LogP contribution in [0.1, 0.15) is 11.5 Å². The zero-order valence-corrected chi connectivity index (χ0v) is 14.8. The van der Waals surface area contributed by atoms with Crippen LogP contribution < -0.4 is 5.32 Å². The number of carbonyl (C=O) groups is 1. The van der Waals surface area contributed by atoms with E-state index >= 15 is 0 Å². The molecular formula is C20H22N4O2. The van der Waals surface area contributed by atoms with Crippen molar-refractivity contribution in [2.75, 3.05) is 31.5 Å². The first-order valence-electron chi connectivity index (χ1n) is 8.87. The number of nitrogens with one attached hydrogen (secondary N) is 1. The zero-order valence-electron chi connectivity index (χ0n) is 14.8. The number of aromatic nitrogens is 1. The smallest absolute Gasteiger partial charge is 0.321 e. The van der Waals surface area contributed by atoms with Crippen LogP contribution in [-0.2, 0) is 6.54 Å². The summed E-state index contributed by atoms with van der Waals surface area (Å²) >= 11 is 0. The van der Waals surface area contributed by atoms with Crippen LogP contribution in [0, 0.1) is 6.92 Å². The van der Waals surface area contributed by atoms with Crippen molar-refractivity contribution in [1.82, 2.24) is 14.8 Å². The van der Waals surface area contributed by atoms with E-state index in [1.165, 1.54) is 0 Å². The number of para-hydroxylation sites is 3. The number of amides is 2. The van der Waals surface area contributed by atoms with Crippen LogP contribution in [0.25, 0.3) is 11.1 Å². The van der Waals surface area contributed by atoms with E-state index in [0.717, 1.165) is 41.3 Å². The van der Waals surface area contributed by atoms with Gasteiger partial charge in [0.05, 0.1) is 6.54 Å². The Morgan fingerprint density at radius 3 is 2.58 bits per heavy atom. The van der Waals surface area contributed by atoms with E-state index in [1.54, 1.807) is 0 Å². The van der Waals surface area contributed by atoms with Gasteiger partial charge in [-0.25, -0.2) is 9.78 Å². The van der Waals surface area contributed by atoms with Gasteiger partial charge in [0.2, 0.25) is 5.89 Å². The van der Waals surface area contributed by atoms with Gasteiger partial charge in [0.15, 0.2) is 5.58 Å². The van der Waals surface area contributed by atoms with Crippen molar-refractivity contribution in [3.05, 3.63) is 60.0 Å². The second-order valence-corrected chi connectivity index (χ2v) is 6.58. The largest absolute Gasteiger partial charge is 0.439 e. The number of oxazole rings is 1. The molecule has 1 fully saturated rings. The average Bonchev–Trinajstić information content (AvgIpc) is 3.06. The molecule has 1 aliphatic heterocycles. The predicted octanol–water partition coefficient (Wildman–Crippen LogP) is 3.49. The third kappa shape index (κ3) is 3.55. The molecule has 0 saturated carbocycles. The molecule has 3 aromatic rings. The standard InChI is InChI=1S/C20H22N4O2/c1-15-6-2-3-7-16(15)22-20(25)24-12-10-23(11-13-24)14-19-21-17-8-4-5-9-18(17)26-19/h2-9H,10-14H2,1H3,(H,22,25). The Balaban J connectivity index is 1.32. The number of carbonyl (C=O) groups excluding carboxylic acids is 1. The van der Waals surface area contributed by atoms with E-state index in [9.17, 15) is 4.79 Å².